The molecule has 0 amide bonds. The molecule has 114 valence electrons. The minimum Gasteiger partial charge on any atom is -0.493 e. The molecule has 0 aliphatic carbocycles. The Kier molecular flexibility index (Phi) is 5.73. The molecule has 0 spiro atoms. The van der Waals surface area contributed by atoms with E-state index in [0.717, 1.165) is 5.69 Å². The molecule has 0 unspecified atom stereocenters. The van der Waals surface area contributed by atoms with Gasteiger partial charge in [-0.25, -0.2) is 4.98 Å². The minimum atomic E-state index is 0.472. The molecule has 0 aliphatic heterocycles. The van der Waals surface area contributed by atoms with Crippen molar-refractivity contribution >= 4 is 23.0 Å². The molecular formula is C16H17N3O2S. The second kappa shape index (κ2) is 7.99. The van der Waals surface area contributed by atoms with Crippen LogP contribution in [0, 0.1) is 0 Å². The Labute approximate surface area is 135 Å². The molecule has 1 aromatic heterocycles. The maximum Gasteiger partial charge on any atom is 0.219 e. The van der Waals surface area contributed by atoms with E-state index in [1.165, 1.54) is 0 Å². The first kappa shape index (κ1) is 15.8. The number of thiocarbonyl (C=S) groups is 1. The van der Waals surface area contributed by atoms with Gasteiger partial charge >= 0.3 is 0 Å². The predicted octanol–water partition coefficient (Wildman–Crippen LogP) is 3.35. The van der Waals surface area contributed by atoms with Gasteiger partial charge in [-0.1, -0.05) is 18.2 Å². The Morgan fingerprint density at radius 2 is 2.05 bits per heavy atom. The summed E-state index contributed by atoms with van der Waals surface area (Å²) in [6.45, 7) is 4.22. The van der Waals surface area contributed by atoms with Crippen molar-refractivity contribution < 1.29 is 9.47 Å². The third-order valence-electron chi connectivity index (χ3n) is 2.68. The van der Waals surface area contributed by atoms with Crippen LogP contribution in [0.25, 0.3) is 0 Å². The third-order valence-corrected chi connectivity index (χ3v) is 2.93. The van der Waals surface area contributed by atoms with Gasteiger partial charge < -0.3 is 20.1 Å². The van der Waals surface area contributed by atoms with Crippen molar-refractivity contribution in [2.75, 3.05) is 19.0 Å². The molecule has 1 aromatic carbocycles. The molecule has 0 aliphatic rings. The monoisotopic (exact) mass is 315 g/mol. The van der Waals surface area contributed by atoms with Gasteiger partial charge in [0.15, 0.2) is 16.6 Å². The fraction of sp³-hybridized carbons (Fsp3) is 0.125. The zero-order valence-electron chi connectivity index (χ0n) is 12.2. The minimum absolute atomic E-state index is 0.472. The van der Waals surface area contributed by atoms with E-state index in [2.05, 4.69) is 22.2 Å². The molecule has 0 radical (unpaired) electrons. The van der Waals surface area contributed by atoms with Crippen LogP contribution in [0.5, 0.6) is 17.4 Å². The van der Waals surface area contributed by atoms with Crippen LogP contribution in [0.15, 0.2) is 55.3 Å². The molecule has 22 heavy (non-hydrogen) atoms. The number of nitrogens with zero attached hydrogens (tertiary/aromatic N) is 1. The molecule has 0 bridgehead atoms. The van der Waals surface area contributed by atoms with Crippen molar-refractivity contribution in [3.63, 3.8) is 0 Å². The van der Waals surface area contributed by atoms with Crippen LogP contribution in [0.3, 0.4) is 0 Å². The second-order valence-electron chi connectivity index (χ2n) is 4.26. The van der Waals surface area contributed by atoms with E-state index >= 15 is 0 Å². The summed E-state index contributed by atoms with van der Waals surface area (Å²) in [5.41, 5.74) is 0.772. The molecule has 0 fully saturated rings. The van der Waals surface area contributed by atoms with Crippen LogP contribution >= 0.6 is 12.2 Å². The van der Waals surface area contributed by atoms with Gasteiger partial charge in [-0.3, -0.25) is 0 Å². The van der Waals surface area contributed by atoms with Gasteiger partial charge in [0.1, 0.15) is 0 Å². The summed E-state index contributed by atoms with van der Waals surface area (Å²) in [7, 11) is 1.60. The summed E-state index contributed by atoms with van der Waals surface area (Å²) in [6.07, 6.45) is 3.38. The lowest BCUT2D eigenvalue weighted by molar-refractivity contribution is 0.374. The van der Waals surface area contributed by atoms with Crippen LogP contribution < -0.4 is 20.1 Å². The highest BCUT2D eigenvalue weighted by atomic mass is 32.1. The van der Waals surface area contributed by atoms with Gasteiger partial charge in [-0.05, 0) is 30.4 Å². The molecule has 0 atom stereocenters. The Morgan fingerprint density at radius 1 is 1.27 bits per heavy atom. The lowest BCUT2D eigenvalue weighted by atomic mass is 10.3. The van der Waals surface area contributed by atoms with Crippen LogP contribution in [0.1, 0.15) is 0 Å². The number of pyridine rings is 1. The maximum absolute atomic E-state index is 5.70. The van der Waals surface area contributed by atoms with Gasteiger partial charge in [0.05, 0.1) is 19.0 Å². The summed E-state index contributed by atoms with van der Waals surface area (Å²) >= 11 is 5.13. The van der Waals surface area contributed by atoms with Crippen LogP contribution in [-0.4, -0.2) is 23.8 Å². The van der Waals surface area contributed by atoms with Gasteiger partial charge in [0.25, 0.3) is 0 Å². The van der Waals surface area contributed by atoms with E-state index in [-0.39, 0.29) is 0 Å². The van der Waals surface area contributed by atoms with E-state index in [9.17, 15) is 0 Å². The van der Waals surface area contributed by atoms with Crippen molar-refractivity contribution in [1.82, 2.24) is 10.3 Å². The number of hydrogen-bond acceptors (Lipinski definition) is 4. The topological polar surface area (TPSA) is 55.4 Å². The SMILES string of the molecule is C=CCNC(=S)Nc1ccc(Oc2ccccc2OC)nc1. The van der Waals surface area contributed by atoms with Crippen molar-refractivity contribution in [1.29, 1.82) is 0 Å². The highest BCUT2D eigenvalue weighted by Crippen LogP contribution is 2.30. The number of benzene rings is 1. The average molecular weight is 315 g/mol. The molecule has 0 saturated heterocycles. The fourth-order valence-corrected chi connectivity index (χ4v) is 1.87. The lowest BCUT2D eigenvalue weighted by Gasteiger charge is -2.11. The van der Waals surface area contributed by atoms with Gasteiger partial charge in [-0.15, -0.1) is 6.58 Å². The molecular weight excluding hydrogens is 298 g/mol. The van der Waals surface area contributed by atoms with E-state index in [4.69, 9.17) is 21.7 Å². The summed E-state index contributed by atoms with van der Waals surface area (Å²) in [4.78, 5) is 4.23. The molecule has 2 N–H and O–H groups in total. The average Bonchev–Trinajstić information content (AvgIpc) is 2.55. The number of hydrogen-bond donors (Lipinski definition) is 2. The van der Waals surface area contributed by atoms with Crippen molar-refractivity contribution in [3.05, 3.63) is 55.3 Å². The second-order valence-corrected chi connectivity index (χ2v) is 4.67. The summed E-state index contributed by atoms with van der Waals surface area (Å²) < 4.78 is 10.9. The quantitative estimate of drug-likeness (QED) is 0.630. The highest BCUT2D eigenvalue weighted by Gasteiger charge is 2.05. The van der Waals surface area contributed by atoms with Gasteiger partial charge in [0.2, 0.25) is 5.88 Å². The number of anilines is 1. The Bertz CT molecular complexity index is 644. The van der Waals surface area contributed by atoms with E-state index in [1.54, 1.807) is 25.4 Å². The summed E-state index contributed by atoms with van der Waals surface area (Å²) in [5.74, 6) is 1.74. The van der Waals surface area contributed by atoms with Crippen LogP contribution in [0.4, 0.5) is 5.69 Å². The number of rotatable bonds is 6. The first-order valence-corrected chi connectivity index (χ1v) is 7.06. The van der Waals surface area contributed by atoms with Crippen molar-refractivity contribution in [2.24, 2.45) is 0 Å². The molecule has 2 aromatic rings. The summed E-state index contributed by atoms with van der Waals surface area (Å²) in [5, 5.41) is 6.51. The lowest BCUT2D eigenvalue weighted by Crippen LogP contribution is -2.28. The van der Waals surface area contributed by atoms with Gasteiger partial charge in [0, 0.05) is 12.6 Å². The zero-order valence-corrected chi connectivity index (χ0v) is 13.0. The maximum atomic E-state index is 5.70. The Hall–Kier alpha value is -2.60. The van der Waals surface area contributed by atoms with E-state index in [1.807, 2.05) is 30.3 Å². The highest BCUT2D eigenvalue weighted by molar-refractivity contribution is 7.80. The fourth-order valence-electron chi connectivity index (χ4n) is 1.67. The van der Waals surface area contributed by atoms with Crippen LogP contribution in [0.2, 0.25) is 0 Å². The number of ether oxygens (including phenoxy) is 2. The zero-order chi connectivity index (χ0) is 15.8. The Balaban J connectivity index is 2.00. The Morgan fingerprint density at radius 3 is 2.68 bits per heavy atom. The number of para-hydroxylation sites is 2. The third kappa shape index (κ3) is 4.46. The number of aromatic nitrogens is 1. The normalized spacial score (nSPS) is 9.68. The number of nitrogens with one attached hydrogen (secondary N) is 2. The standard InChI is InChI=1S/C16H17N3O2S/c1-3-10-17-16(22)19-12-8-9-15(18-11-12)21-14-7-5-4-6-13(14)20-2/h3-9,11H,1,10H2,2H3,(H2,17,19,22). The molecule has 2 rings (SSSR count). The first-order valence-electron chi connectivity index (χ1n) is 6.65. The largest absolute Gasteiger partial charge is 0.493 e. The first-order chi connectivity index (χ1) is 10.7. The molecule has 0 saturated carbocycles. The predicted molar refractivity (Wildman–Crippen MR) is 91.7 cm³/mol. The van der Waals surface area contributed by atoms with Crippen molar-refractivity contribution in [3.8, 4) is 17.4 Å². The van der Waals surface area contributed by atoms with Crippen LogP contribution in [-0.2, 0) is 0 Å². The van der Waals surface area contributed by atoms with E-state index in [0.29, 0.717) is 29.0 Å². The van der Waals surface area contributed by atoms with Crippen molar-refractivity contribution in [2.45, 2.75) is 0 Å². The molecule has 1 heterocycles. The van der Waals surface area contributed by atoms with E-state index < -0.39 is 0 Å². The smallest absolute Gasteiger partial charge is 0.219 e. The molecule has 5 nitrogen and oxygen atoms in total. The number of methoxy groups -OCH3 is 1. The van der Waals surface area contributed by atoms with Gasteiger partial charge in [-0.2, -0.15) is 0 Å². The summed E-state index contributed by atoms with van der Waals surface area (Å²) in [6, 6.07) is 11.0. The molecule has 6 heteroatoms.